The molecule has 3 nitrogen and oxygen atoms in total. The standard InChI is InChI=1S/C14H20F3NO2S/c1-9(18-21(19,20)13(2,3)4)10-7-6-8-11(12(10)15)14(5,16)17/h6-9,18H,1-5H3. The van der Waals surface area contributed by atoms with E-state index in [0.717, 1.165) is 6.07 Å². The molecule has 120 valence electrons. The van der Waals surface area contributed by atoms with E-state index in [1.54, 1.807) is 0 Å². The fourth-order valence-electron chi connectivity index (χ4n) is 1.70. The molecule has 1 unspecified atom stereocenters. The monoisotopic (exact) mass is 323 g/mol. The van der Waals surface area contributed by atoms with Crippen LogP contribution in [0.5, 0.6) is 0 Å². The van der Waals surface area contributed by atoms with Gasteiger partial charge in [-0.2, -0.15) is 0 Å². The Bertz CT molecular complexity index is 616. The lowest BCUT2D eigenvalue weighted by Crippen LogP contribution is -2.40. The van der Waals surface area contributed by atoms with Crippen LogP contribution >= 0.6 is 0 Å². The van der Waals surface area contributed by atoms with E-state index in [1.807, 2.05) is 0 Å². The highest BCUT2D eigenvalue weighted by Gasteiger charge is 2.33. The van der Waals surface area contributed by atoms with E-state index in [-0.39, 0.29) is 5.56 Å². The van der Waals surface area contributed by atoms with Gasteiger partial charge in [-0.05, 0) is 27.7 Å². The Kier molecular flexibility index (Phi) is 4.80. The molecule has 0 saturated carbocycles. The van der Waals surface area contributed by atoms with Gasteiger partial charge in [0, 0.05) is 18.5 Å². The number of alkyl halides is 2. The van der Waals surface area contributed by atoms with Gasteiger partial charge in [0.15, 0.2) is 0 Å². The Balaban J connectivity index is 3.19. The zero-order valence-corrected chi connectivity index (χ0v) is 13.5. The van der Waals surface area contributed by atoms with Crippen LogP contribution < -0.4 is 4.72 Å². The summed E-state index contributed by atoms with van der Waals surface area (Å²) in [6.45, 7) is 6.50. The normalized spacial score (nSPS) is 15.0. The maximum atomic E-state index is 14.2. The summed E-state index contributed by atoms with van der Waals surface area (Å²) >= 11 is 0. The molecule has 0 heterocycles. The Labute approximate surface area is 123 Å². The molecule has 0 aliphatic rings. The average molecular weight is 323 g/mol. The van der Waals surface area contributed by atoms with Gasteiger partial charge >= 0.3 is 0 Å². The van der Waals surface area contributed by atoms with E-state index in [4.69, 9.17) is 0 Å². The summed E-state index contributed by atoms with van der Waals surface area (Å²) in [6, 6.07) is 2.62. The van der Waals surface area contributed by atoms with Crippen molar-refractivity contribution >= 4 is 10.0 Å². The maximum Gasteiger partial charge on any atom is 0.273 e. The number of rotatable bonds is 4. The number of sulfonamides is 1. The lowest BCUT2D eigenvalue weighted by atomic mass is 10.0. The maximum absolute atomic E-state index is 14.2. The van der Waals surface area contributed by atoms with Crippen molar-refractivity contribution < 1.29 is 21.6 Å². The Hall–Kier alpha value is -1.08. The van der Waals surface area contributed by atoms with Gasteiger partial charge in [0.2, 0.25) is 10.0 Å². The van der Waals surface area contributed by atoms with Gasteiger partial charge in [-0.1, -0.05) is 18.2 Å². The first-order chi connectivity index (χ1) is 9.27. The van der Waals surface area contributed by atoms with Gasteiger partial charge in [0.05, 0.1) is 10.3 Å². The van der Waals surface area contributed by atoms with Gasteiger partial charge in [-0.3, -0.25) is 0 Å². The van der Waals surface area contributed by atoms with Crippen LogP contribution in [-0.2, 0) is 15.9 Å². The number of benzene rings is 1. The molecule has 1 N–H and O–H groups in total. The molecule has 0 aromatic heterocycles. The van der Waals surface area contributed by atoms with Crippen LogP contribution in [0.3, 0.4) is 0 Å². The van der Waals surface area contributed by atoms with E-state index in [9.17, 15) is 21.6 Å². The molecule has 0 fully saturated rings. The van der Waals surface area contributed by atoms with Crippen LogP contribution in [0, 0.1) is 5.82 Å². The fourth-order valence-corrected chi connectivity index (χ4v) is 2.64. The van der Waals surface area contributed by atoms with Crippen molar-refractivity contribution in [2.75, 3.05) is 0 Å². The molecule has 1 aromatic carbocycles. The lowest BCUT2D eigenvalue weighted by molar-refractivity contribution is 0.0135. The zero-order valence-electron chi connectivity index (χ0n) is 12.7. The van der Waals surface area contributed by atoms with Gasteiger partial charge in [0.1, 0.15) is 5.82 Å². The highest BCUT2D eigenvalue weighted by molar-refractivity contribution is 7.90. The second kappa shape index (κ2) is 5.61. The van der Waals surface area contributed by atoms with Crippen LogP contribution in [0.4, 0.5) is 13.2 Å². The Morgan fingerprint density at radius 3 is 2.10 bits per heavy atom. The van der Waals surface area contributed by atoms with Crippen LogP contribution in [0.2, 0.25) is 0 Å². The van der Waals surface area contributed by atoms with Crippen molar-refractivity contribution in [3.05, 3.63) is 35.1 Å². The minimum Gasteiger partial charge on any atom is -0.212 e. The van der Waals surface area contributed by atoms with E-state index in [1.165, 1.54) is 39.8 Å². The number of nitrogens with one attached hydrogen (secondary N) is 1. The second-order valence-corrected chi connectivity index (χ2v) is 8.52. The average Bonchev–Trinajstić information content (AvgIpc) is 2.25. The SMILES string of the molecule is CC(NS(=O)(=O)C(C)(C)C)c1cccc(C(C)(F)F)c1F. The lowest BCUT2D eigenvalue weighted by Gasteiger charge is -2.24. The quantitative estimate of drug-likeness (QED) is 0.918. The first-order valence-electron chi connectivity index (χ1n) is 6.46. The van der Waals surface area contributed by atoms with Crippen molar-refractivity contribution in [2.45, 2.75) is 51.3 Å². The van der Waals surface area contributed by atoms with Gasteiger partial charge in [0.25, 0.3) is 5.92 Å². The number of hydrogen-bond acceptors (Lipinski definition) is 2. The molecular formula is C14H20F3NO2S. The molecule has 0 amide bonds. The zero-order chi connectivity index (χ0) is 16.6. The predicted octanol–water partition coefficient (Wildman–Crippen LogP) is 3.72. The molecule has 7 heteroatoms. The fraction of sp³-hybridized carbons (Fsp3) is 0.571. The highest BCUT2D eigenvalue weighted by atomic mass is 32.2. The van der Waals surface area contributed by atoms with E-state index in [2.05, 4.69) is 4.72 Å². The summed E-state index contributed by atoms with van der Waals surface area (Å²) in [5.41, 5.74) is -0.858. The van der Waals surface area contributed by atoms with Gasteiger partial charge in [-0.25, -0.2) is 26.3 Å². The summed E-state index contributed by atoms with van der Waals surface area (Å²) in [5.74, 6) is -4.42. The molecule has 0 bridgehead atoms. The summed E-state index contributed by atoms with van der Waals surface area (Å²) in [4.78, 5) is 0. The molecule has 0 aliphatic carbocycles. The second-order valence-electron chi connectivity index (χ2n) is 6.05. The molecular weight excluding hydrogens is 303 g/mol. The first kappa shape index (κ1) is 18.0. The van der Waals surface area contributed by atoms with Crippen molar-refractivity contribution in [2.24, 2.45) is 0 Å². The molecule has 0 saturated heterocycles. The number of hydrogen-bond donors (Lipinski definition) is 1. The third kappa shape index (κ3) is 3.97. The Morgan fingerprint density at radius 1 is 1.14 bits per heavy atom. The summed E-state index contributed by atoms with van der Waals surface area (Å²) < 4.78 is 66.1. The first-order valence-corrected chi connectivity index (χ1v) is 7.94. The summed E-state index contributed by atoms with van der Waals surface area (Å²) in [5, 5.41) is 0. The van der Waals surface area contributed by atoms with Crippen molar-refractivity contribution in [1.29, 1.82) is 0 Å². The highest BCUT2D eigenvalue weighted by Crippen LogP contribution is 2.32. The minimum atomic E-state index is -3.71. The molecule has 1 atom stereocenters. The van der Waals surface area contributed by atoms with Crippen molar-refractivity contribution in [3.8, 4) is 0 Å². The molecule has 21 heavy (non-hydrogen) atoms. The third-order valence-corrected chi connectivity index (χ3v) is 5.38. The molecule has 0 aliphatic heterocycles. The Morgan fingerprint density at radius 2 is 1.67 bits per heavy atom. The van der Waals surface area contributed by atoms with Crippen molar-refractivity contribution in [1.82, 2.24) is 4.72 Å². The smallest absolute Gasteiger partial charge is 0.212 e. The van der Waals surface area contributed by atoms with E-state index < -0.39 is 38.1 Å². The van der Waals surface area contributed by atoms with Crippen LogP contribution in [0.15, 0.2) is 18.2 Å². The van der Waals surface area contributed by atoms with Crippen LogP contribution in [0.1, 0.15) is 51.8 Å². The van der Waals surface area contributed by atoms with E-state index >= 15 is 0 Å². The van der Waals surface area contributed by atoms with Gasteiger partial charge in [-0.15, -0.1) is 0 Å². The van der Waals surface area contributed by atoms with Gasteiger partial charge < -0.3 is 0 Å². The summed E-state index contributed by atoms with van der Waals surface area (Å²) in [6.07, 6.45) is 0. The summed E-state index contributed by atoms with van der Waals surface area (Å²) in [7, 11) is -3.71. The minimum absolute atomic E-state index is 0.109. The molecule has 0 radical (unpaired) electrons. The third-order valence-electron chi connectivity index (χ3n) is 3.11. The van der Waals surface area contributed by atoms with Crippen LogP contribution in [0.25, 0.3) is 0 Å². The largest absolute Gasteiger partial charge is 0.273 e. The molecule has 0 spiro atoms. The number of halogens is 3. The predicted molar refractivity (Wildman–Crippen MR) is 76.2 cm³/mol. The van der Waals surface area contributed by atoms with Crippen LogP contribution in [-0.4, -0.2) is 13.2 Å². The topological polar surface area (TPSA) is 46.2 Å². The molecule has 1 rings (SSSR count). The van der Waals surface area contributed by atoms with Crippen molar-refractivity contribution in [3.63, 3.8) is 0 Å². The van der Waals surface area contributed by atoms with E-state index in [0.29, 0.717) is 6.92 Å². The molecule has 1 aromatic rings.